The van der Waals surface area contributed by atoms with Crippen LogP contribution in [0.4, 0.5) is 0 Å². The number of nitrogens with zero attached hydrogens (tertiary/aromatic N) is 2. The number of carbonyl (C=O) groups is 1. The molecule has 0 spiro atoms. The molecule has 0 aromatic carbocycles. The lowest BCUT2D eigenvalue weighted by Gasteiger charge is -2.33. The third kappa shape index (κ3) is 2.73. The van der Waals surface area contributed by atoms with Gasteiger partial charge in [-0.25, -0.2) is 13.2 Å². The molecule has 6 nitrogen and oxygen atoms in total. The van der Waals surface area contributed by atoms with Gasteiger partial charge < -0.3 is 9.67 Å². The van der Waals surface area contributed by atoms with Crippen molar-refractivity contribution in [2.75, 3.05) is 13.1 Å². The minimum absolute atomic E-state index is 0.0262. The molecular weight excluding hydrogens is 280 g/mol. The highest BCUT2D eigenvalue weighted by Crippen LogP contribution is 2.27. The quantitative estimate of drug-likeness (QED) is 0.915. The number of sulfonamides is 1. The maximum Gasteiger partial charge on any atom is 0.352 e. The SMILES string of the molecule is CC1CC(C)CN(S(=O)(=O)c2cc(C(=O)O)n(C)c2)C1. The van der Waals surface area contributed by atoms with Gasteiger partial charge in [0.15, 0.2) is 0 Å². The highest BCUT2D eigenvalue weighted by atomic mass is 32.2. The normalized spacial score (nSPS) is 24.8. The van der Waals surface area contributed by atoms with Gasteiger partial charge in [0, 0.05) is 26.3 Å². The van der Waals surface area contributed by atoms with Crippen molar-refractivity contribution in [2.45, 2.75) is 25.2 Å². The first-order valence-electron chi connectivity index (χ1n) is 6.61. The molecule has 2 rings (SSSR count). The topological polar surface area (TPSA) is 79.6 Å². The van der Waals surface area contributed by atoms with Crippen LogP contribution >= 0.6 is 0 Å². The summed E-state index contributed by atoms with van der Waals surface area (Å²) in [4.78, 5) is 11.1. The van der Waals surface area contributed by atoms with Crippen LogP contribution in [-0.2, 0) is 17.1 Å². The molecule has 1 aliphatic rings. The third-order valence-electron chi connectivity index (χ3n) is 3.67. The zero-order chi connectivity index (χ0) is 15.1. The van der Waals surface area contributed by atoms with Gasteiger partial charge in [0.25, 0.3) is 0 Å². The fourth-order valence-electron chi connectivity index (χ4n) is 2.84. The van der Waals surface area contributed by atoms with Crippen LogP contribution in [0.5, 0.6) is 0 Å². The molecule has 112 valence electrons. The maximum atomic E-state index is 12.6. The summed E-state index contributed by atoms with van der Waals surface area (Å²) in [6.07, 6.45) is 2.38. The summed E-state index contributed by atoms with van der Waals surface area (Å²) < 4.78 is 28.0. The number of piperidine rings is 1. The number of aromatic carboxylic acids is 1. The molecule has 1 aromatic heterocycles. The maximum absolute atomic E-state index is 12.6. The Bertz CT molecular complexity index is 610. The molecule has 2 unspecified atom stereocenters. The number of carboxylic acids is 1. The molecule has 1 fully saturated rings. The van der Waals surface area contributed by atoms with E-state index in [9.17, 15) is 13.2 Å². The summed E-state index contributed by atoms with van der Waals surface area (Å²) in [5, 5.41) is 9.01. The molecule has 0 radical (unpaired) electrons. The molecule has 2 heterocycles. The lowest BCUT2D eigenvalue weighted by molar-refractivity contribution is 0.0686. The van der Waals surface area contributed by atoms with Crippen LogP contribution in [0.1, 0.15) is 30.8 Å². The zero-order valence-electron chi connectivity index (χ0n) is 11.9. The van der Waals surface area contributed by atoms with Gasteiger partial charge in [0.05, 0.1) is 0 Å². The Morgan fingerprint density at radius 1 is 1.30 bits per heavy atom. The first kappa shape index (κ1) is 15.1. The number of carboxylic acid groups (broad SMARTS) is 1. The van der Waals surface area contributed by atoms with Crippen molar-refractivity contribution in [2.24, 2.45) is 18.9 Å². The lowest BCUT2D eigenvalue weighted by Crippen LogP contribution is -2.42. The molecule has 0 aliphatic carbocycles. The van der Waals surface area contributed by atoms with Gasteiger partial charge in [-0.3, -0.25) is 0 Å². The van der Waals surface area contributed by atoms with E-state index in [4.69, 9.17) is 5.11 Å². The minimum atomic E-state index is -3.61. The molecule has 1 N–H and O–H groups in total. The molecule has 2 atom stereocenters. The second-order valence-corrected chi connectivity index (χ2v) is 7.68. The highest BCUT2D eigenvalue weighted by molar-refractivity contribution is 7.89. The van der Waals surface area contributed by atoms with Crippen molar-refractivity contribution in [1.82, 2.24) is 8.87 Å². The summed E-state index contributed by atoms with van der Waals surface area (Å²) in [5.41, 5.74) is -0.0262. The highest BCUT2D eigenvalue weighted by Gasteiger charge is 2.32. The van der Waals surface area contributed by atoms with Gasteiger partial charge in [0.2, 0.25) is 10.0 Å². The van der Waals surface area contributed by atoms with Crippen molar-refractivity contribution >= 4 is 16.0 Å². The number of aryl methyl sites for hydroxylation is 1. The van der Waals surface area contributed by atoms with Crippen molar-refractivity contribution in [3.8, 4) is 0 Å². The van der Waals surface area contributed by atoms with E-state index in [1.807, 2.05) is 13.8 Å². The molecule has 0 amide bonds. The Morgan fingerprint density at radius 3 is 2.30 bits per heavy atom. The fraction of sp³-hybridized carbons (Fsp3) is 0.615. The number of aromatic nitrogens is 1. The molecule has 7 heteroatoms. The van der Waals surface area contributed by atoms with Gasteiger partial charge >= 0.3 is 5.97 Å². The molecule has 0 saturated carbocycles. The van der Waals surface area contributed by atoms with Gasteiger partial charge in [-0.05, 0) is 24.3 Å². The molecule has 1 saturated heterocycles. The summed E-state index contributed by atoms with van der Waals surface area (Å²) in [6.45, 7) is 5.05. The van der Waals surface area contributed by atoms with Crippen LogP contribution < -0.4 is 0 Å². The number of hydrogen-bond donors (Lipinski definition) is 1. The van der Waals surface area contributed by atoms with Crippen LogP contribution in [-0.4, -0.2) is 41.5 Å². The van der Waals surface area contributed by atoms with E-state index >= 15 is 0 Å². The first-order valence-corrected chi connectivity index (χ1v) is 8.05. The van der Waals surface area contributed by atoms with Crippen LogP contribution in [0.2, 0.25) is 0 Å². The molecular formula is C13H20N2O4S. The van der Waals surface area contributed by atoms with Gasteiger partial charge in [0.1, 0.15) is 10.6 Å². The van der Waals surface area contributed by atoms with Crippen LogP contribution in [0.25, 0.3) is 0 Å². The average Bonchev–Trinajstić information content (AvgIpc) is 2.70. The predicted molar refractivity (Wildman–Crippen MR) is 74.1 cm³/mol. The van der Waals surface area contributed by atoms with Crippen LogP contribution in [0, 0.1) is 11.8 Å². The van der Waals surface area contributed by atoms with E-state index in [0.717, 1.165) is 6.42 Å². The predicted octanol–water partition coefficient (Wildman–Crippen LogP) is 1.39. The Labute approximate surface area is 119 Å². The van der Waals surface area contributed by atoms with Crippen LogP contribution in [0.3, 0.4) is 0 Å². The summed E-state index contributed by atoms with van der Waals surface area (Å²) in [6, 6.07) is 1.22. The lowest BCUT2D eigenvalue weighted by atomic mass is 9.94. The Balaban J connectivity index is 2.35. The van der Waals surface area contributed by atoms with Crippen molar-refractivity contribution in [3.05, 3.63) is 18.0 Å². The molecule has 1 aliphatic heterocycles. The largest absolute Gasteiger partial charge is 0.477 e. The molecule has 20 heavy (non-hydrogen) atoms. The molecule has 0 bridgehead atoms. The standard InChI is InChI=1S/C13H20N2O4S/c1-9-4-10(2)7-15(6-9)20(18,19)11-5-12(13(16)17)14(3)8-11/h5,8-10H,4,6-7H2,1-3H3,(H,16,17). The Morgan fingerprint density at radius 2 is 1.85 bits per heavy atom. The van der Waals surface area contributed by atoms with E-state index < -0.39 is 16.0 Å². The van der Waals surface area contributed by atoms with E-state index in [-0.39, 0.29) is 10.6 Å². The van der Waals surface area contributed by atoms with Gasteiger partial charge in [-0.2, -0.15) is 4.31 Å². The third-order valence-corrected chi connectivity index (χ3v) is 5.47. The smallest absolute Gasteiger partial charge is 0.352 e. The van der Waals surface area contributed by atoms with E-state index in [0.29, 0.717) is 24.9 Å². The van der Waals surface area contributed by atoms with Crippen molar-refractivity contribution in [3.63, 3.8) is 0 Å². The first-order chi connectivity index (χ1) is 9.21. The van der Waals surface area contributed by atoms with Crippen molar-refractivity contribution < 1.29 is 18.3 Å². The second-order valence-electron chi connectivity index (χ2n) is 5.75. The summed E-state index contributed by atoms with van der Waals surface area (Å²) >= 11 is 0. The number of rotatable bonds is 3. The molecule has 1 aromatic rings. The summed E-state index contributed by atoms with van der Waals surface area (Å²) in [5.74, 6) is -0.498. The van der Waals surface area contributed by atoms with Gasteiger partial charge in [-0.15, -0.1) is 0 Å². The Kier molecular flexibility index (Phi) is 3.93. The average molecular weight is 300 g/mol. The Hall–Kier alpha value is -1.34. The van der Waals surface area contributed by atoms with E-state index in [1.54, 1.807) is 0 Å². The second kappa shape index (κ2) is 5.21. The number of hydrogen-bond acceptors (Lipinski definition) is 3. The monoisotopic (exact) mass is 300 g/mol. The zero-order valence-corrected chi connectivity index (χ0v) is 12.7. The minimum Gasteiger partial charge on any atom is -0.477 e. The van der Waals surface area contributed by atoms with E-state index in [2.05, 4.69) is 0 Å². The van der Waals surface area contributed by atoms with E-state index in [1.165, 1.54) is 28.2 Å². The fourth-order valence-corrected chi connectivity index (χ4v) is 4.59. The van der Waals surface area contributed by atoms with Crippen LogP contribution in [0.15, 0.2) is 17.2 Å². The van der Waals surface area contributed by atoms with Gasteiger partial charge in [-0.1, -0.05) is 13.8 Å². The summed E-state index contributed by atoms with van der Waals surface area (Å²) in [7, 11) is -2.08. The van der Waals surface area contributed by atoms with Crippen molar-refractivity contribution in [1.29, 1.82) is 0 Å².